The van der Waals surface area contributed by atoms with Crippen molar-refractivity contribution in [3.8, 4) is 0 Å². The maximum Gasteiger partial charge on any atom is 0.222 e. The van der Waals surface area contributed by atoms with Gasteiger partial charge in [0, 0.05) is 31.1 Å². The van der Waals surface area contributed by atoms with Gasteiger partial charge >= 0.3 is 0 Å². The summed E-state index contributed by atoms with van der Waals surface area (Å²) in [5, 5.41) is 13.2. The van der Waals surface area contributed by atoms with Crippen LogP contribution in [0.3, 0.4) is 0 Å². The smallest absolute Gasteiger partial charge is 0.222 e. The van der Waals surface area contributed by atoms with Crippen LogP contribution >= 0.6 is 0 Å². The van der Waals surface area contributed by atoms with Gasteiger partial charge in [-0.2, -0.15) is 0 Å². The van der Waals surface area contributed by atoms with Crippen molar-refractivity contribution in [1.82, 2.24) is 10.2 Å². The summed E-state index contributed by atoms with van der Waals surface area (Å²) in [7, 11) is 0. The number of likely N-dealkylation sites (tertiary alicyclic amines) is 1. The normalized spacial score (nSPS) is 20.2. The number of carbonyl (C=O) groups is 1. The summed E-state index contributed by atoms with van der Waals surface area (Å²) < 4.78 is 27.0. The Morgan fingerprint density at radius 3 is 2.88 bits per heavy atom. The molecule has 2 N–H and O–H groups in total. The maximum atomic E-state index is 13.7. The molecule has 1 aliphatic heterocycles. The van der Waals surface area contributed by atoms with E-state index in [2.05, 4.69) is 5.32 Å². The lowest BCUT2D eigenvalue weighted by Gasteiger charge is -2.34. The number of nitrogens with one attached hydrogen (secondary N) is 1. The van der Waals surface area contributed by atoms with Crippen LogP contribution in [0.15, 0.2) is 18.2 Å². The highest BCUT2D eigenvalue weighted by Crippen LogP contribution is 2.22. The predicted octanol–water partition coefficient (Wildman–Crippen LogP) is 2.48. The predicted molar refractivity (Wildman–Crippen MR) is 88.3 cm³/mol. The number of aliphatic hydroxyl groups excluding tert-OH is 1. The summed E-state index contributed by atoms with van der Waals surface area (Å²) in [5.74, 6) is -0.845. The molecule has 1 heterocycles. The Morgan fingerprint density at radius 1 is 1.42 bits per heavy atom. The average molecular weight is 340 g/mol. The van der Waals surface area contributed by atoms with Gasteiger partial charge in [-0.1, -0.05) is 13.8 Å². The molecule has 1 saturated heterocycles. The third-order valence-corrected chi connectivity index (χ3v) is 4.44. The van der Waals surface area contributed by atoms with Crippen molar-refractivity contribution < 1.29 is 18.7 Å². The second-order valence-corrected chi connectivity index (χ2v) is 6.85. The first kappa shape index (κ1) is 18.8. The van der Waals surface area contributed by atoms with E-state index in [1.807, 2.05) is 18.7 Å². The molecule has 0 aromatic heterocycles. The summed E-state index contributed by atoms with van der Waals surface area (Å²) in [5.41, 5.74) is -0.00904. The first-order chi connectivity index (χ1) is 11.4. The molecular weight excluding hydrogens is 314 g/mol. The van der Waals surface area contributed by atoms with Crippen LogP contribution < -0.4 is 5.32 Å². The minimum atomic E-state index is -1.07. The summed E-state index contributed by atoms with van der Waals surface area (Å²) in [6.07, 6.45) is 0.907. The molecule has 0 aliphatic carbocycles. The standard InChI is InChI=1S/C18H26F2N2O2/c1-12(2)18(24)21-9-13-4-3-7-22(10-13)11-17(23)15-8-14(19)5-6-16(15)20/h5-6,8,12-13,17,23H,3-4,7,9-11H2,1-2H3,(H,21,24). The largest absolute Gasteiger partial charge is 0.387 e. The van der Waals surface area contributed by atoms with Crippen molar-refractivity contribution in [2.24, 2.45) is 11.8 Å². The van der Waals surface area contributed by atoms with Crippen LogP contribution in [0.25, 0.3) is 0 Å². The third kappa shape index (κ3) is 5.24. The minimum Gasteiger partial charge on any atom is -0.387 e. The average Bonchev–Trinajstić information content (AvgIpc) is 2.55. The van der Waals surface area contributed by atoms with Crippen LogP contribution in [0.2, 0.25) is 0 Å². The van der Waals surface area contributed by atoms with E-state index in [1.54, 1.807) is 0 Å². The molecule has 0 saturated carbocycles. The summed E-state index contributed by atoms with van der Waals surface area (Å²) >= 11 is 0. The fourth-order valence-corrected chi connectivity index (χ4v) is 3.05. The van der Waals surface area contributed by atoms with Gasteiger partial charge in [-0.15, -0.1) is 0 Å². The number of benzene rings is 1. The molecule has 1 fully saturated rings. The number of rotatable bonds is 6. The van der Waals surface area contributed by atoms with Crippen molar-refractivity contribution >= 4 is 5.91 Å². The molecule has 134 valence electrons. The Labute approximate surface area is 141 Å². The van der Waals surface area contributed by atoms with Crippen LogP contribution in [0.1, 0.15) is 38.4 Å². The molecular formula is C18H26F2N2O2. The number of hydrogen-bond acceptors (Lipinski definition) is 3. The fourth-order valence-electron chi connectivity index (χ4n) is 3.05. The Balaban J connectivity index is 1.88. The molecule has 2 rings (SSSR count). The van der Waals surface area contributed by atoms with Gasteiger partial charge in [0.2, 0.25) is 5.91 Å². The van der Waals surface area contributed by atoms with Gasteiger partial charge in [-0.05, 0) is 43.5 Å². The molecule has 6 heteroatoms. The topological polar surface area (TPSA) is 52.6 Å². The number of amides is 1. The Kier molecular flexibility index (Phi) is 6.69. The zero-order valence-electron chi connectivity index (χ0n) is 14.3. The maximum absolute atomic E-state index is 13.7. The molecule has 0 bridgehead atoms. The van der Waals surface area contributed by atoms with Crippen LogP contribution in [0.5, 0.6) is 0 Å². The lowest BCUT2D eigenvalue weighted by Crippen LogP contribution is -2.43. The van der Waals surface area contributed by atoms with Gasteiger partial charge in [0.15, 0.2) is 0 Å². The monoisotopic (exact) mass is 340 g/mol. The van der Waals surface area contributed by atoms with Gasteiger partial charge in [-0.3, -0.25) is 4.79 Å². The first-order valence-electron chi connectivity index (χ1n) is 8.50. The molecule has 0 spiro atoms. The van der Waals surface area contributed by atoms with Gasteiger partial charge in [-0.25, -0.2) is 8.78 Å². The van der Waals surface area contributed by atoms with E-state index in [0.29, 0.717) is 12.5 Å². The van der Waals surface area contributed by atoms with Crippen molar-refractivity contribution in [3.63, 3.8) is 0 Å². The zero-order chi connectivity index (χ0) is 17.7. The highest BCUT2D eigenvalue weighted by Gasteiger charge is 2.24. The molecule has 1 amide bonds. The van der Waals surface area contributed by atoms with E-state index in [-0.39, 0.29) is 23.9 Å². The summed E-state index contributed by atoms with van der Waals surface area (Å²) in [6, 6.07) is 3.12. The SMILES string of the molecule is CC(C)C(=O)NCC1CCCN(CC(O)c2cc(F)ccc2F)C1. The lowest BCUT2D eigenvalue weighted by molar-refractivity contribution is -0.124. The van der Waals surface area contributed by atoms with Crippen LogP contribution in [-0.4, -0.2) is 42.1 Å². The molecule has 2 unspecified atom stereocenters. The van der Waals surface area contributed by atoms with E-state index >= 15 is 0 Å². The van der Waals surface area contributed by atoms with E-state index in [4.69, 9.17) is 0 Å². The lowest BCUT2D eigenvalue weighted by atomic mass is 9.97. The number of hydrogen-bond donors (Lipinski definition) is 2. The van der Waals surface area contributed by atoms with Gasteiger partial charge in [0.1, 0.15) is 11.6 Å². The number of halogens is 2. The van der Waals surface area contributed by atoms with Gasteiger partial charge in [0.25, 0.3) is 0 Å². The molecule has 4 nitrogen and oxygen atoms in total. The highest BCUT2D eigenvalue weighted by molar-refractivity contribution is 5.77. The van der Waals surface area contributed by atoms with E-state index in [9.17, 15) is 18.7 Å². The molecule has 24 heavy (non-hydrogen) atoms. The van der Waals surface area contributed by atoms with E-state index in [1.165, 1.54) is 0 Å². The second-order valence-electron chi connectivity index (χ2n) is 6.85. The van der Waals surface area contributed by atoms with Crippen molar-refractivity contribution in [2.45, 2.75) is 32.8 Å². The van der Waals surface area contributed by atoms with Crippen molar-refractivity contribution in [3.05, 3.63) is 35.4 Å². The Bertz CT molecular complexity index is 566. The third-order valence-electron chi connectivity index (χ3n) is 4.44. The minimum absolute atomic E-state index is 0.00904. The Hall–Kier alpha value is -1.53. The summed E-state index contributed by atoms with van der Waals surface area (Å²) in [6.45, 7) is 6.11. The van der Waals surface area contributed by atoms with Gasteiger partial charge in [0.05, 0.1) is 6.10 Å². The number of aliphatic hydroxyl groups is 1. The number of piperidine rings is 1. The van der Waals surface area contributed by atoms with Gasteiger partial charge < -0.3 is 15.3 Å². The number of carbonyl (C=O) groups excluding carboxylic acids is 1. The Morgan fingerprint density at radius 2 is 2.17 bits per heavy atom. The molecule has 2 atom stereocenters. The number of β-amino-alcohol motifs (C(OH)–C–C–N with tert-alkyl or cyclic N) is 1. The molecule has 1 aliphatic rings. The quantitative estimate of drug-likeness (QED) is 0.836. The molecule has 1 aromatic carbocycles. The van der Waals surface area contributed by atoms with Crippen molar-refractivity contribution in [2.75, 3.05) is 26.2 Å². The summed E-state index contributed by atoms with van der Waals surface area (Å²) in [4.78, 5) is 13.7. The van der Waals surface area contributed by atoms with Crippen molar-refractivity contribution in [1.29, 1.82) is 0 Å². The second kappa shape index (κ2) is 8.53. The first-order valence-corrected chi connectivity index (χ1v) is 8.50. The number of nitrogens with zero attached hydrogens (tertiary/aromatic N) is 1. The molecule has 0 radical (unpaired) electrons. The highest BCUT2D eigenvalue weighted by atomic mass is 19.1. The molecule has 1 aromatic rings. The van der Waals surface area contributed by atoms with E-state index < -0.39 is 17.7 Å². The van der Waals surface area contributed by atoms with E-state index in [0.717, 1.165) is 44.1 Å². The zero-order valence-corrected chi connectivity index (χ0v) is 14.3. The van der Waals surface area contributed by atoms with Crippen LogP contribution in [-0.2, 0) is 4.79 Å². The van der Waals surface area contributed by atoms with Crippen LogP contribution in [0, 0.1) is 23.5 Å². The fraction of sp³-hybridized carbons (Fsp3) is 0.611. The van der Waals surface area contributed by atoms with Crippen LogP contribution in [0.4, 0.5) is 8.78 Å².